The molecule has 2 heteroatoms. The Labute approximate surface area is 85.7 Å². The largest absolute Gasteiger partial charge is 0.384 e. The molecule has 1 aromatic heterocycles. The minimum absolute atomic E-state index is 0.517. The van der Waals surface area contributed by atoms with Gasteiger partial charge >= 0.3 is 0 Å². The molecule has 2 nitrogen and oxygen atoms in total. The smallest absolute Gasteiger partial charge is 0.0371 e. The minimum Gasteiger partial charge on any atom is -0.384 e. The highest BCUT2D eigenvalue weighted by Gasteiger charge is 2.27. The maximum Gasteiger partial charge on any atom is 0.0371 e. The average molecular weight is 190 g/mol. The Balaban J connectivity index is 1.88. The molecule has 0 aromatic carbocycles. The van der Waals surface area contributed by atoms with E-state index in [2.05, 4.69) is 17.2 Å². The number of nitrogens with one attached hydrogen (secondary N) is 1. The molecule has 1 aromatic rings. The number of pyridine rings is 1. The number of aromatic nitrogens is 1. The molecule has 2 rings (SSSR count). The van der Waals surface area contributed by atoms with Gasteiger partial charge in [-0.2, -0.15) is 0 Å². The lowest BCUT2D eigenvalue weighted by Crippen LogP contribution is -2.22. The maximum absolute atomic E-state index is 4.00. The van der Waals surface area contributed by atoms with E-state index in [-0.39, 0.29) is 0 Å². The molecule has 1 heterocycles. The molecule has 0 unspecified atom stereocenters. The quantitative estimate of drug-likeness (QED) is 0.792. The van der Waals surface area contributed by atoms with Crippen molar-refractivity contribution in [2.45, 2.75) is 32.6 Å². The summed E-state index contributed by atoms with van der Waals surface area (Å²) in [6.07, 6.45) is 9.19. The van der Waals surface area contributed by atoms with Gasteiger partial charge < -0.3 is 5.32 Å². The average Bonchev–Trinajstić information content (AvgIpc) is 2.65. The highest BCUT2D eigenvalue weighted by atomic mass is 14.9. The number of rotatable bonds is 3. The first-order valence-electron chi connectivity index (χ1n) is 5.42. The lowest BCUT2D eigenvalue weighted by atomic mass is 9.89. The second-order valence-electron chi connectivity index (χ2n) is 4.61. The van der Waals surface area contributed by atoms with Crippen LogP contribution in [-0.2, 0) is 0 Å². The van der Waals surface area contributed by atoms with Crippen LogP contribution in [0.25, 0.3) is 0 Å². The molecular weight excluding hydrogens is 172 g/mol. The first-order valence-corrected chi connectivity index (χ1v) is 5.42. The van der Waals surface area contributed by atoms with Crippen molar-refractivity contribution in [1.29, 1.82) is 0 Å². The van der Waals surface area contributed by atoms with Crippen LogP contribution in [0.3, 0.4) is 0 Å². The van der Waals surface area contributed by atoms with Gasteiger partial charge in [0.25, 0.3) is 0 Å². The van der Waals surface area contributed by atoms with Crippen LogP contribution in [0.1, 0.15) is 32.6 Å². The van der Waals surface area contributed by atoms with Crippen LogP contribution >= 0.6 is 0 Å². The predicted molar refractivity (Wildman–Crippen MR) is 59.3 cm³/mol. The maximum atomic E-state index is 4.00. The zero-order valence-corrected chi connectivity index (χ0v) is 8.79. The van der Waals surface area contributed by atoms with Crippen molar-refractivity contribution in [1.82, 2.24) is 4.98 Å². The Morgan fingerprint density at radius 1 is 1.29 bits per heavy atom. The lowest BCUT2D eigenvalue weighted by Gasteiger charge is -2.24. The molecule has 14 heavy (non-hydrogen) atoms. The molecule has 0 bridgehead atoms. The molecule has 0 amide bonds. The van der Waals surface area contributed by atoms with Crippen LogP contribution in [0.5, 0.6) is 0 Å². The minimum atomic E-state index is 0.517. The Hall–Kier alpha value is -1.05. The summed E-state index contributed by atoms with van der Waals surface area (Å²) in [5.74, 6) is 0. The summed E-state index contributed by atoms with van der Waals surface area (Å²) in [6, 6.07) is 4.05. The van der Waals surface area contributed by atoms with Gasteiger partial charge in [0, 0.05) is 24.6 Å². The van der Waals surface area contributed by atoms with E-state index in [4.69, 9.17) is 0 Å². The van der Waals surface area contributed by atoms with Gasteiger partial charge in [0.05, 0.1) is 0 Å². The molecule has 0 radical (unpaired) electrons. The highest BCUT2D eigenvalue weighted by Crippen LogP contribution is 2.37. The Morgan fingerprint density at radius 3 is 2.57 bits per heavy atom. The van der Waals surface area contributed by atoms with Crippen LogP contribution in [0.2, 0.25) is 0 Å². The number of hydrogen-bond acceptors (Lipinski definition) is 2. The summed E-state index contributed by atoms with van der Waals surface area (Å²) >= 11 is 0. The van der Waals surface area contributed by atoms with E-state index in [9.17, 15) is 0 Å². The standard InChI is InChI=1S/C12H18N2/c1-12(6-2-3-7-12)10-14-11-4-8-13-9-5-11/h4-5,8-9H,2-3,6-7,10H2,1H3,(H,13,14). The van der Waals surface area contributed by atoms with Gasteiger partial charge in [0.2, 0.25) is 0 Å². The summed E-state index contributed by atoms with van der Waals surface area (Å²) in [5, 5.41) is 3.49. The van der Waals surface area contributed by atoms with Gasteiger partial charge in [-0.3, -0.25) is 4.98 Å². The molecule has 1 N–H and O–H groups in total. The summed E-state index contributed by atoms with van der Waals surface area (Å²) in [4.78, 5) is 4.00. The predicted octanol–water partition coefficient (Wildman–Crippen LogP) is 3.07. The fraction of sp³-hybridized carbons (Fsp3) is 0.583. The second-order valence-corrected chi connectivity index (χ2v) is 4.61. The topological polar surface area (TPSA) is 24.9 Å². The molecule has 0 spiro atoms. The normalized spacial score (nSPS) is 19.5. The van der Waals surface area contributed by atoms with Crippen LogP contribution < -0.4 is 5.32 Å². The van der Waals surface area contributed by atoms with Gasteiger partial charge in [-0.05, 0) is 30.4 Å². The molecule has 1 aliphatic rings. The summed E-state index contributed by atoms with van der Waals surface area (Å²) < 4.78 is 0. The Kier molecular flexibility index (Phi) is 2.71. The molecular formula is C12H18N2. The number of hydrogen-bond donors (Lipinski definition) is 1. The zero-order chi connectivity index (χ0) is 9.86. The monoisotopic (exact) mass is 190 g/mol. The van der Waals surface area contributed by atoms with Crippen LogP contribution in [0.15, 0.2) is 24.5 Å². The fourth-order valence-electron chi connectivity index (χ4n) is 2.19. The van der Waals surface area contributed by atoms with Crippen molar-refractivity contribution in [2.24, 2.45) is 5.41 Å². The van der Waals surface area contributed by atoms with E-state index in [1.165, 1.54) is 31.4 Å². The van der Waals surface area contributed by atoms with Gasteiger partial charge in [0.1, 0.15) is 0 Å². The van der Waals surface area contributed by atoms with Gasteiger partial charge in [-0.1, -0.05) is 19.8 Å². The fourth-order valence-corrected chi connectivity index (χ4v) is 2.19. The van der Waals surface area contributed by atoms with Gasteiger partial charge in [-0.15, -0.1) is 0 Å². The van der Waals surface area contributed by atoms with Crippen molar-refractivity contribution in [3.63, 3.8) is 0 Å². The van der Waals surface area contributed by atoms with E-state index < -0.39 is 0 Å². The Bertz CT molecular complexity index is 276. The Morgan fingerprint density at radius 2 is 1.93 bits per heavy atom. The summed E-state index contributed by atoms with van der Waals surface area (Å²) in [7, 11) is 0. The second kappa shape index (κ2) is 3.99. The van der Waals surface area contributed by atoms with Crippen LogP contribution in [0.4, 0.5) is 5.69 Å². The lowest BCUT2D eigenvalue weighted by molar-refractivity contribution is 0.362. The van der Waals surface area contributed by atoms with Crippen molar-refractivity contribution < 1.29 is 0 Å². The molecule has 76 valence electrons. The van der Waals surface area contributed by atoms with Crippen molar-refractivity contribution >= 4 is 5.69 Å². The van der Waals surface area contributed by atoms with E-state index in [1.54, 1.807) is 0 Å². The van der Waals surface area contributed by atoms with Crippen molar-refractivity contribution in [3.05, 3.63) is 24.5 Å². The van der Waals surface area contributed by atoms with Crippen molar-refractivity contribution in [2.75, 3.05) is 11.9 Å². The van der Waals surface area contributed by atoms with E-state index in [0.717, 1.165) is 6.54 Å². The first-order chi connectivity index (χ1) is 6.79. The highest BCUT2D eigenvalue weighted by molar-refractivity contribution is 5.40. The number of anilines is 1. The summed E-state index contributed by atoms with van der Waals surface area (Å²) in [6.45, 7) is 3.48. The molecule has 0 saturated heterocycles. The molecule has 0 atom stereocenters. The number of nitrogens with zero attached hydrogens (tertiary/aromatic N) is 1. The third-order valence-electron chi connectivity index (χ3n) is 3.21. The third-order valence-corrected chi connectivity index (χ3v) is 3.21. The molecule has 1 fully saturated rings. The molecule has 1 saturated carbocycles. The van der Waals surface area contributed by atoms with Crippen LogP contribution in [0, 0.1) is 5.41 Å². The SMILES string of the molecule is CC1(CNc2ccncc2)CCCC1. The van der Waals surface area contributed by atoms with E-state index in [1.807, 2.05) is 24.5 Å². The molecule has 0 aliphatic heterocycles. The van der Waals surface area contributed by atoms with Crippen LogP contribution in [-0.4, -0.2) is 11.5 Å². The first kappa shape index (κ1) is 9.50. The van der Waals surface area contributed by atoms with Gasteiger partial charge in [-0.25, -0.2) is 0 Å². The van der Waals surface area contributed by atoms with Crippen molar-refractivity contribution in [3.8, 4) is 0 Å². The summed E-state index contributed by atoms with van der Waals surface area (Å²) in [5.41, 5.74) is 1.71. The van der Waals surface area contributed by atoms with E-state index in [0.29, 0.717) is 5.41 Å². The van der Waals surface area contributed by atoms with E-state index >= 15 is 0 Å². The zero-order valence-electron chi connectivity index (χ0n) is 8.79. The molecule has 1 aliphatic carbocycles. The third kappa shape index (κ3) is 2.25. The van der Waals surface area contributed by atoms with Gasteiger partial charge in [0.15, 0.2) is 0 Å².